The highest BCUT2D eigenvalue weighted by molar-refractivity contribution is 5.85. The minimum atomic E-state index is -0.376. The first-order valence-electron chi connectivity index (χ1n) is 9.98. The van der Waals surface area contributed by atoms with Crippen LogP contribution in [0.3, 0.4) is 0 Å². The van der Waals surface area contributed by atoms with Crippen LogP contribution in [0.5, 0.6) is 5.75 Å². The largest absolute Gasteiger partial charge is 0.486 e. The van der Waals surface area contributed by atoms with Crippen LogP contribution in [0.1, 0.15) is 69.7 Å². The van der Waals surface area contributed by atoms with Crippen LogP contribution >= 0.6 is 0 Å². The van der Waals surface area contributed by atoms with Crippen LogP contribution in [0.25, 0.3) is 0 Å². The van der Waals surface area contributed by atoms with Crippen molar-refractivity contribution < 1.29 is 9.53 Å². The number of rotatable bonds is 7. The average molecular weight is 367 g/mol. The molecule has 0 spiro atoms. The Labute approximate surface area is 165 Å². The molecule has 2 aromatic rings. The van der Waals surface area contributed by atoms with E-state index in [0.29, 0.717) is 0 Å². The smallest absolute Gasteiger partial charge is 0.175 e. The highest BCUT2D eigenvalue weighted by Crippen LogP contribution is 2.40. The van der Waals surface area contributed by atoms with Crippen LogP contribution in [0.2, 0.25) is 0 Å². The van der Waals surface area contributed by atoms with Gasteiger partial charge >= 0.3 is 0 Å². The molecule has 0 saturated carbocycles. The molecule has 0 heterocycles. The first kappa shape index (κ1) is 21.2. The molecule has 0 fully saturated rings. The third-order valence-electron chi connectivity index (χ3n) is 5.73. The minimum absolute atomic E-state index is 0.00177. The summed E-state index contributed by atoms with van der Waals surface area (Å²) in [4.78, 5) is 12.2. The molecule has 0 bridgehead atoms. The second kappa shape index (κ2) is 8.29. The van der Waals surface area contributed by atoms with Crippen LogP contribution in [-0.2, 0) is 10.2 Å². The molecule has 0 saturated heterocycles. The molecule has 0 radical (unpaired) electrons. The van der Waals surface area contributed by atoms with Gasteiger partial charge in [-0.25, -0.2) is 0 Å². The molecule has 0 unspecified atom stereocenters. The van der Waals surface area contributed by atoms with Gasteiger partial charge in [-0.05, 0) is 49.4 Å². The Balaban J connectivity index is 2.33. The number of ether oxygens (including phenoxy) is 1. The van der Waals surface area contributed by atoms with E-state index >= 15 is 0 Å². The van der Waals surface area contributed by atoms with E-state index in [1.165, 1.54) is 16.7 Å². The molecular formula is C25H34O2. The number of carbonyl (C=O) groups is 1. The van der Waals surface area contributed by atoms with Crippen molar-refractivity contribution in [3.05, 3.63) is 64.7 Å². The summed E-state index contributed by atoms with van der Waals surface area (Å²) in [6.45, 7) is 14.6. The fourth-order valence-corrected chi connectivity index (χ4v) is 3.57. The van der Waals surface area contributed by atoms with E-state index in [1.807, 2.05) is 26.8 Å². The first-order chi connectivity index (χ1) is 12.6. The van der Waals surface area contributed by atoms with Crippen molar-refractivity contribution in [1.82, 2.24) is 0 Å². The molecule has 146 valence electrons. The maximum absolute atomic E-state index is 12.2. The summed E-state index contributed by atoms with van der Waals surface area (Å²) in [5.41, 5.74) is 4.64. The second-order valence-corrected chi connectivity index (χ2v) is 8.60. The van der Waals surface area contributed by atoms with Gasteiger partial charge in [-0.3, -0.25) is 4.79 Å². The SMILES string of the molecule is CCC(CC)(c1ccc(C)cc1)c1ccc(OCC(=O)C(C)(C)C)c(C)c1. The topological polar surface area (TPSA) is 26.3 Å². The third-order valence-corrected chi connectivity index (χ3v) is 5.73. The van der Waals surface area contributed by atoms with Crippen molar-refractivity contribution in [2.24, 2.45) is 5.41 Å². The van der Waals surface area contributed by atoms with Crippen molar-refractivity contribution in [3.8, 4) is 5.75 Å². The zero-order valence-corrected chi connectivity index (χ0v) is 18.0. The van der Waals surface area contributed by atoms with Gasteiger partial charge in [0.1, 0.15) is 12.4 Å². The Kier molecular flexibility index (Phi) is 6.51. The van der Waals surface area contributed by atoms with Gasteiger partial charge < -0.3 is 4.74 Å². The maximum Gasteiger partial charge on any atom is 0.175 e. The van der Waals surface area contributed by atoms with Crippen LogP contribution in [0.4, 0.5) is 0 Å². The molecular weight excluding hydrogens is 332 g/mol. The molecule has 2 heteroatoms. The fourth-order valence-electron chi connectivity index (χ4n) is 3.57. The summed E-state index contributed by atoms with van der Waals surface area (Å²) >= 11 is 0. The zero-order valence-electron chi connectivity index (χ0n) is 18.0. The number of benzene rings is 2. The van der Waals surface area contributed by atoms with E-state index in [9.17, 15) is 4.79 Å². The van der Waals surface area contributed by atoms with Gasteiger partial charge in [-0.2, -0.15) is 0 Å². The van der Waals surface area contributed by atoms with E-state index in [4.69, 9.17) is 4.74 Å². The second-order valence-electron chi connectivity index (χ2n) is 8.60. The molecule has 0 amide bonds. The van der Waals surface area contributed by atoms with Crippen LogP contribution < -0.4 is 4.74 Å². The van der Waals surface area contributed by atoms with Crippen LogP contribution in [-0.4, -0.2) is 12.4 Å². The van der Waals surface area contributed by atoms with E-state index in [2.05, 4.69) is 64.1 Å². The number of ketones is 1. The molecule has 0 atom stereocenters. The van der Waals surface area contributed by atoms with Crippen molar-refractivity contribution in [1.29, 1.82) is 0 Å². The van der Waals surface area contributed by atoms with Crippen LogP contribution in [0.15, 0.2) is 42.5 Å². The van der Waals surface area contributed by atoms with E-state index < -0.39 is 0 Å². The first-order valence-corrected chi connectivity index (χ1v) is 9.98. The number of hydrogen-bond acceptors (Lipinski definition) is 2. The van der Waals surface area contributed by atoms with Gasteiger partial charge in [-0.15, -0.1) is 0 Å². The van der Waals surface area contributed by atoms with E-state index in [0.717, 1.165) is 24.2 Å². The zero-order chi connectivity index (χ0) is 20.2. The minimum Gasteiger partial charge on any atom is -0.486 e. The van der Waals surface area contributed by atoms with Crippen LogP contribution in [0, 0.1) is 19.3 Å². The molecule has 0 aliphatic heterocycles. The van der Waals surface area contributed by atoms with Crippen molar-refractivity contribution >= 4 is 5.78 Å². The highest BCUT2D eigenvalue weighted by atomic mass is 16.5. The molecule has 0 aliphatic rings. The lowest BCUT2D eigenvalue weighted by atomic mass is 9.70. The molecule has 2 rings (SSSR count). The summed E-state index contributed by atoms with van der Waals surface area (Å²) in [6.07, 6.45) is 2.07. The average Bonchev–Trinajstić information content (AvgIpc) is 2.62. The third kappa shape index (κ3) is 4.61. The Morgan fingerprint density at radius 1 is 0.889 bits per heavy atom. The van der Waals surface area contributed by atoms with Gasteiger partial charge in [0.05, 0.1) is 0 Å². The number of aryl methyl sites for hydroxylation is 2. The van der Waals surface area contributed by atoms with Crippen molar-refractivity contribution in [2.45, 2.75) is 66.7 Å². The number of hydrogen-bond donors (Lipinski definition) is 0. The summed E-state index contributed by atoms with van der Waals surface area (Å²) < 4.78 is 5.83. The lowest BCUT2D eigenvalue weighted by Gasteiger charge is -2.34. The number of Topliss-reactive ketones (excluding diaryl/α,β-unsaturated/α-hetero) is 1. The van der Waals surface area contributed by atoms with E-state index in [-0.39, 0.29) is 23.2 Å². The summed E-state index contributed by atoms with van der Waals surface area (Å²) in [5.74, 6) is 0.906. The summed E-state index contributed by atoms with van der Waals surface area (Å²) in [5, 5.41) is 0. The predicted octanol–water partition coefficient (Wildman–Crippen LogP) is 6.40. The van der Waals surface area contributed by atoms with Gasteiger partial charge in [0.15, 0.2) is 5.78 Å². The van der Waals surface area contributed by atoms with Gasteiger partial charge in [0, 0.05) is 10.8 Å². The molecule has 0 N–H and O–H groups in total. The summed E-state index contributed by atoms with van der Waals surface area (Å²) in [6, 6.07) is 15.3. The van der Waals surface area contributed by atoms with Crippen molar-refractivity contribution in [2.75, 3.05) is 6.61 Å². The quantitative estimate of drug-likeness (QED) is 0.566. The molecule has 0 aliphatic carbocycles. The Morgan fingerprint density at radius 3 is 1.93 bits per heavy atom. The normalized spacial score (nSPS) is 12.1. The summed E-state index contributed by atoms with van der Waals surface area (Å²) in [7, 11) is 0. The fraction of sp³-hybridized carbons (Fsp3) is 0.480. The maximum atomic E-state index is 12.2. The van der Waals surface area contributed by atoms with Gasteiger partial charge in [0.25, 0.3) is 0 Å². The predicted molar refractivity (Wildman–Crippen MR) is 114 cm³/mol. The lowest BCUT2D eigenvalue weighted by Crippen LogP contribution is -2.27. The van der Waals surface area contributed by atoms with Crippen molar-refractivity contribution in [3.63, 3.8) is 0 Å². The molecule has 27 heavy (non-hydrogen) atoms. The number of carbonyl (C=O) groups excluding carboxylic acids is 1. The Morgan fingerprint density at radius 2 is 1.44 bits per heavy atom. The van der Waals surface area contributed by atoms with Gasteiger partial charge in [-0.1, -0.05) is 76.6 Å². The Bertz CT molecular complexity index is 775. The van der Waals surface area contributed by atoms with E-state index in [1.54, 1.807) is 0 Å². The molecule has 0 aromatic heterocycles. The molecule has 2 aromatic carbocycles. The van der Waals surface area contributed by atoms with Gasteiger partial charge in [0.2, 0.25) is 0 Å². The standard InChI is InChI=1S/C25H34O2/c1-8-25(9-2,20-12-10-18(3)11-13-20)21-14-15-22(19(4)16-21)27-17-23(26)24(5,6)7/h10-16H,8-9,17H2,1-7H3. The lowest BCUT2D eigenvalue weighted by molar-refractivity contribution is -0.128. The highest BCUT2D eigenvalue weighted by Gasteiger charge is 2.31. The Hall–Kier alpha value is -2.09. The molecule has 2 nitrogen and oxygen atoms in total. The monoisotopic (exact) mass is 366 g/mol.